The van der Waals surface area contributed by atoms with Crippen molar-refractivity contribution in [3.05, 3.63) is 83.6 Å². The fourth-order valence-corrected chi connectivity index (χ4v) is 4.57. The van der Waals surface area contributed by atoms with Crippen LogP contribution < -0.4 is 9.47 Å². The molecule has 1 aliphatic rings. The van der Waals surface area contributed by atoms with Gasteiger partial charge in [0.2, 0.25) is 5.89 Å². The molecular formula is C27H29NO4S. The van der Waals surface area contributed by atoms with Gasteiger partial charge in [-0.3, -0.25) is 4.79 Å². The van der Waals surface area contributed by atoms with Crippen LogP contribution in [0.15, 0.2) is 65.1 Å². The summed E-state index contributed by atoms with van der Waals surface area (Å²) in [6.45, 7) is 5.87. The van der Waals surface area contributed by atoms with Crippen molar-refractivity contribution in [1.82, 2.24) is 4.98 Å². The van der Waals surface area contributed by atoms with E-state index < -0.39 is 5.60 Å². The number of aryl methyl sites for hydroxylation is 1. The molecule has 0 saturated heterocycles. The van der Waals surface area contributed by atoms with Crippen LogP contribution in [-0.2, 0) is 17.6 Å². The van der Waals surface area contributed by atoms with Gasteiger partial charge < -0.3 is 13.9 Å². The highest BCUT2D eigenvalue weighted by Gasteiger charge is 2.32. The zero-order valence-electron chi connectivity index (χ0n) is 19.3. The maximum Gasteiger partial charge on any atom is 0.232 e. The van der Waals surface area contributed by atoms with E-state index in [1.54, 1.807) is 18.7 Å². The fraction of sp³-hybridized carbons (Fsp3) is 0.333. The smallest absolute Gasteiger partial charge is 0.232 e. The van der Waals surface area contributed by atoms with Crippen molar-refractivity contribution in [2.75, 3.05) is 12.4 Å². The minimum atomic E-state index is -0.932. The van der Waals surface area contributed by atoms with Crippen LogP contribution in [-0.4, -0.2) is 28.7 Å². The third-order valence-corrected chi connectivity index (χ3v) is 6.80. The maximum atomic E-state index is 12.4. The van der Waals surface area contributed by atoms with E-state index >= 15 is 0 Å². The molecule has 6 heteroatoms. The summed E-state index contributed by atoms with van der Waals surface area (Å²) >= 11 is 1.79. The number of oxazole rings is 1. The molecule has 5 nitrogen and oxygen atoms in total. The molecule has 0 saturated carbocycles. The molecule has 33 heavy (non-hydrogen) atoms. The number of carbonyl (C=O) groups is 1. The molecule has 0 fully saturated rings. The van der Waals surface area contributed by atoms with Crippen LogP contribution in [0, 0.1) is 6.92 Å². The minimum Gasteiger partial charge on any atom is -0.493 e. The number of ether oxygens (including phenoxy) is 2. The second kappa shape index (κ2) is 10.3. The Morgan fingerprint density at radius 3 is 2.55 bits per heavy atom. The quantitative estimate of drug-likeness (QED) is 0.365. The molecule has 172 valence electrons. The number of aromatic nitrogens is 1. The summed E-state index contributed by atoms with van der Waals surface area (Å²) < 4.78 is 17.8. The normalized spacial score (nSPS) is 15.1. The maximum absolute atomic E-state index is 12.4. The molecule has 3 aromatic rings. The molecule has 0 radical (unpaired) electrons. The SMILES string of the molecule is CC(=O)[C@@](C)(Cc1ccc(OCCc2nc(C3=CCCS3)oc2C)cc1)Oc1ccccc1. The topological polar surface area (TPSA) is 61.6 Å². The molecule has 0 unspecified atom stereocenters. The van der Waals surface area contributed by atoms with Gasteiger partial charge in [-0.1, -0.05) is 36.4 Å². The first-order valence-electron chi connectivity index (χ1n) is 11.2. The number of carbonyl (C=O) groups excluding carboxylic acids is 1. The van der Waals surface area contributed by atoms with Gasteiger partial charge in [0.1, 0.15) is 17.3 Å². The lowest BCUT2D eigenvalue weighted by Crippen LogP contribution is -2.42. The van der Waals surface area contributed by atoms with Crippen LogP contribution >= 0.6 is 11.8 Å². The van der Waals surface area contributed by atoms with E-state index in [1.165, 1.54) is 0 Å². The number of benzene rings is 2. The van der Waals surface area contributed by atoms with Crippen molar-refractivity contribution in [2.45, 2.75) is 45.6 Å². The first kappa shape index (κ1) is 23.2. The highest BCUT2D eigenvalue weighted by atomic mass is 32.2. The molecule has 0 bridgehead atoms. The summed E-state index contributed by atoms with van der Waals surface area (Å²) in [5.41, 5.74) is 1.01. The number of rotatable bonds is 10. The van der Waals surface area contributed by atoms with E-state index in [1.807, 2.05) is 68.4 Å². The molecule has 2 aromatic carbocycles. The van der Waals surface area contributed by atoms with Gasteiger partial charge in [-0.25, -0.2) is 4.98 Å². The Morgan fingerprint density at radius 2 is 1.88 bits per heavy atom. The van der Waals surface area contributed by atoms with Gasteiger partial charge in [-0.15, -0.1) is 11.8 Å². The zero-order valence-corrected chi connectivity index (χ0v) is 20.1. The average Bonchev–Trinajstić information content (AvgIpc) is 3.46. The van der Waals surface area contributed by atoms with E-state index in [9.17, 15) is 4.79 Å². The van der Waals surface area contributed by atoms with E-state index in [-0.39, 0.29) is 5.78 Å². The Balaban J connectivity index is 1.33. The number of Topliss-reactive ketones (excluding diaryl/α,β-unsaturated/α-hetero) is 1. The lowest BCUT2D eigenvalue weighted by molar-refractivity contribution is -0.130. The second-order valence-electron chi connectivity index (χ2n) is 8.35. The summed E-state index contributed by atoms with van der Waals surface area (Å²) in [6, 6.07) is 17.3. The van der Waals surface area contributed by atoms with Crippen LogP contribution in [0.3, 0.4) is 0 Å². The van der Waals surface area contributed by atoms with Crippen molar-refractivity contribution >= 4 is 22.5 Å². The first-order valence-corrected chi connectivity index (χ1v) is 12.2. The second-order valence-corrected chi connectivity index (χ2v) is 9.49. The molecule has 0 aliphatic carbocycles. The van der Waals surface area contributed by atoms with E-state index in [0.717, 1.165) is 45.7 Å². The Kier molecular flexibility index (Phi) is 7.23. The highest BCUT2D eigenvalue weighted by molar-refractivity contribution is 8.08. The van der Waals surface area contributed by atoms with Crippen molar-refractivity contribution in [3.63, 3.8) is 0 Å². The Bertz CT molecular complexity index is 1120. The van der Waals surface area contributed by atoms with Gasteiger partial charge in [0, 0.05) is 18.6 Å². The fourth-order valence-electron chi connectivity index (χ4n) is 3.67. The van der Waals surface area contributed by atoms with E-state index in [0.29, 0.717) is 25.2 Å². The van der Waals surface area contributed by atoms with Crippen LogP contribution in [0.5, 0.6) is 11.5 Å². The third kappa shape index (κ3) is 5.88. The van der Waals surface area contributed by atoms with Crippen LogP contribution in [0.2, 0.25) is 0 Å². The minimum absolute atomic E-state index is 0.0132. The van der Waals surface area contributed by atoms with Crippen molar-refractivity contribution in [3.8, 4) is 11.5 Å². The lowest BCUT2D eigenvalue weighted by Gasteiger charge is -2.28. The number of ketones is 1. The summed E-state index contributed by atoms with van der Waals surface area (Å²) in [4.78, 5) is 18.1. The molecule has 0 N–H and O–H groups in total. The molecular weight excluding hydrogens is 434 g/mol. The number of nitrogens with zero attached hydrogens (tertiary/aromatic N) is 1. The standard InChI is InChI=1S/C27H29NO4S/c1-19-24(28-26(31-19)25-10-7-17-33-25)15-16-30-22-13-11-21(12-14-22)18-27(3,20(2)29)32-23-8-5-4-6-9-23/h4-6,8-14H,7,15-18H2,1-3H3/t27-/m1/s1. The molecule has 1 aromatic heterocycles. The number of thioether (sulfide) groups is 1. The number of hydrogen-bond acceptors (Lipinski definition) is 6. The van der Waals surface area contributed by atoms with Gasteiger partial charge >= 0.3 is 0 Å². The van der Waals surface area contributed by atoms with Crippen molar-refractivity contribution < 1.29 is 18.7 Å². The monoisotopic (exact) mass is 463 g/mol. The Hall–Kier alpha value is -2.99. The lowest BCUT2D eigenvalue weighted by atomic mass is 9.92. The summed E-state index contributed by atoms with van der Waals surface area (Å²) in [7, 11) is 0. The van der Waals surface area contributed by atoms with Gasteiger partial charge in [0.05, 0.1) is 17.2 Å². The molecule has 0 amide bonds. The zero-order chi connectivity index (χ0) is 23.3. The van der Waals surface area contributed by atoms with Gasteiger partial charge in [-0.2, -0.15) is 0 Å². The van der Waals surface area contributed by atoms with Crippen molar-refractivity contribution in [1.29, 1.82) is 0 Å². The number of para-hydroxylation sites is 1. The summed E-state index contributed by atoms with van der Waals surface area (Å²) in [5, 5.41) is 0. The average molecular weight is 464 g/mol. The molecule has 1 atom stereocenters. The molecule has 2 heterocycles. The van der Waals surface area contributed by atoms with Crippen LogP contribution in [0.25, 0.3) is 4.91 Å². The van der Waals surface area contributed by atoms with Crippen LogP contribution in [0.4, 0.5) is 0 Å². The molecule has 1 aliphatic heterocycles. The molecule has 0 spiro atoms. The first-order chi connectivity index (χ1) is 15.9. The predicted octanol–water partition coefficient (Wildman–Crippen LogP) is 6.05. The number of hydrogen-bond donors (Lipinski definition) is 0. The summed E-state index contributed by atoms with van der Waals surface area (Å²) in [6.07, 6.45) is 4.41. The summed E-state index contributed by atoms with van der Waals surface area (Å²) in [5.74, 6) is 4.11. The van der Waals surface area contributed by atoms with E-state index in [2.05, 4.69) is 11.1 Å². The van der Waals surface area contributed by atoms with Crippen LogP contribution in [0.1, 0.15) is 43.2 Å². The largest absolute Gasteiger partial charge is 0.493 e. The van der Waals surface area contributed by atoms with Gasteiger partial charge in [0.15, 0.2) is 11.4 Å². The third-order valence-electron chi connectivity index (χ3n) is 5.71. The van der Waals surface area contributed by atoms with Crippen molar-refractivity contribution in [2.24, 2.45) is 0 Å². The predicted molar refractivity (Wildman–Crippen MR) is 132 cm³/mol. The molecule has 4 rings (SSSR count). The highest BCUT2D eigenvalue weighted by Crippen LogP contribution is 2.34. The van der Waals surface area contributed by atoms with Gasteiger partial charge in [-0.05, 0) is 57.0 Å². The Morgan fingerprint density at radius 1 is 1.12 bits per heavy atom. The van der Waals surface area contributed by atoms with Gasteiger partial charge in [0.25, 0.3) is 0 Å². The number of allylic oxidation sites excluding steroid dienone is 1. The van der Waals surface area contributed by atoms with E-state index in [4.69, 9.17) is 13.9 Å². The Labute approximate surface area is 199 Å².